The highest BCUT2D eigenvalue weighted by Crippen LogP contribution is 2.23. The largest absolute Gasteiger partial charge is 0.476 e. The number of halogens is 1. The quantitative estimate of drug-likeness (QED) is 0.647. The summed E-state index contributed by atoms with van der Waals surface area (Å²) in [5.74, 6) is -1.47. The third kappa shape index (κ3) is 3.17. The van der Waals surface area contributed by atoms with E-state index in [1.807, 2.05) is 6.92 Å². The van der Waals surface area contributed by atoms with Crippen LogP contribution >= 0.6 is 11.6 Å². The maximum absolute atomic E-state index is 12.7. The third-order valence-electron chi connectivity index (χ3n) is 3.25. The van der Waals surface area contributed by atoms with Crippen molar-refractivity contribution < 1.29 is 19.2 Å². The number of aromatic nitrogens is 2. The minimum absolute atomic E-state index is 0.00632. The van der Waals surface area contributed by atoms with Crippen LogP contribution in [0.1, 0.15) is 57.6 Å². The Morgan fingerprint density at radius 2 is 2.09 bits per heavy atom. The second-order valence-corrected chi connectivity index (χ2v) is 5.22. The van der Waals surface area contributed by atoms with Crippen LogP contribution in [-0.4, -0.2) is 27.0 Å². The second-order valence-electron chi connectivity index (χ2n) is 4.83. The van der Waals surface area contributed by atoms with Crippen LogP contribution in [0.15, 0.2) is 16.7 Å². The SMILES string of the molecule is CCCCc1onc(C(=O)O)c1C(=O)c1ccc(Cl)nc1C. The van der Waals surface area contributed by atoms with Gasteiger partial charge in [-0.25, -0.2) is 9.78 Å². The smallest absolute Gasteiger partial charge is 0.358 e. The molecule has 0 atom stereocenters. The Morgan fingerprint density at radius 3 is 2.68 bits per heavy atom. The summed E-state index contributed by atoms with van der Waals surface area (Å²) in [6, 6.07) is 3.01. The molecule has 2 aromatic rings. The van der Waals surface area contributed by atoms with Gasteiger partial charge in [0.2, 0.25) is 11.5 Å². The normalized spacial score (nSPS) is 10.7. The summed E-state index contributed by atoms with van der Waals surface area (Å²) in [6.45, 7) is 3.63. The molecule has 0 saturated heterocycles. The van der Waals surface area contributed by atoms with Crippen molar-refractivity contribution >= 4 is 23.4 Å². The molecule has 2 rings (SSSR count). The van der Waals surface area contributed by atoms with E-state index in [0.29, 0.717) is 17.9 Å². The monoisotopic (exact) mass is 322 g/mol. The lowest BCUT2D eigenvalue weighted by atomic mass is 9.98. The van der Waals surface area contributed by atoms with Crippen molar-refractivity contribution in [2.75, 3.05) is 0 Å². The zero-order chi connectivity index (χ0) is 16.3. The highest BCUT2D eigenvalue weighted by Gasteiger charge is 2.28. The number of carbonyl (C=O) groups excluding carboxylic acids is 1. The standard InChI is InChI=1S/C15H15ClN2O4/c1-3-4-5-10-12(13(15(20)21)18-22-10)14(19)9-6-7-11(16)17-8(9)2/h6-7H,3-5H2,1-2H3,(H,20,21). The van der Waals surface area contributed by atoms with Gasteiger partial charge in [-0.3, -0.25) is 4.79 Å². The van der Waals surface area contributed by atoms with Crippen molar-refractivity contribution in [3.8, 4) is 0 Å². The fourth-order valence-electron chi connectivity index (χ4n) is 2.12. The molecule has 2 heterocycles. The first kappa shape index (κ1) is 16.2. The van der Waals surface area contributed by atoms with Crippen LogP contribution < -0.4 is 0 Å². The van der Waals surface area contributed by atoms with E-state index in [4.69, 9.17) is 16.1 Å². The summed E-state index contributed by atoms with van der Waals surface area (Å²) in [7, 11) is 0. The lowest BCUT2D eigenvalue weighted by Crippen LogP contribution is -2.12. The van der Waals surface area contributed by atoms with Gasteiger partial charge in [0.15, 0.2) is 0 Å². The average molecular weight is 323 g/mol. The second kappa shape index (κ2) is 6.70. The van der Waals surface area contributed by atoms with Gasteiger partial charge in [-0.15, -0.1) is 0 Å². The number of nitrogens with zero attached hydrogens (tertiary/aromatic N) is 2. The molecule has 2 aromatic heterocycles. The Bertz CT molecular complexity index is 724. The molecule has 6 nitrogen and oxygen atoms in total. The Morgan fingerprint density at radius 1 is 1.36 bits per heavy atom. The van der Waals surface area contributed by atoms with E-state index in [0.717, 1.165) is 12.8 Å². The molecular weight excluding hydrogens is 308 g/mol. The minimum Gasteiger partial charge on any atom is -0.476 e. The summed E-state index contributed by atoms with van der Waals surface area (Å²) >= 11 is 5.78. The van der Waals surface area contributed by atoms with Crippen molar-refractivity contribution in [3.63, 3.8) is 0 Å². The highest BCUT2D eigenvalue weighted by atomic mass is 35.5. The zero-order valence-corrected chi connectivity index (χ0v) is 13.0. The molecule has 0 saturated carbocycles. The first-order chi connectivity index (χ1) is 10.5. The predicted molar refractivity (Wildman–Crippen MR) is 79.5 cm³/mol. The third-order valence-corrected chi connectivity index (χ3v) is 3.46. The van der Waals surface area contributed by atoms with Crippen molar-refractivity contribution in [3.05, 3.63) is 45.6 Å². The van der Waals surface area contributed by atoms with Crippen LogP contribution in [0.4, 0.5) is 0 Å². The van der Waals surface area contributed by atoms with Gasteiger partial charge < -0.3 is 9.63 Å². The molecule has 0 aliphatic rings. The van der Waals surface area contributed by atoms with Crippen molar-refractivity contribution in [2.24, 2.45) is 0 Å². The zero-order valence-electron chi connectivity index (χ0n) is 12.2. The van der Waals surface area contributed by atoms with E-state index in [2.05, 4.69) is 10.1 Å². The lowest BCUT2D eigenvalue weighted by Gasteiger charge is -2.05. The van der Waals surface area contributed by atoms with Crippen LogP contribution in [0.2, 0.25) is 5.15 Å². The molecular formula is C15H15ClN2O4. The van der Waals surface area contributed by atoms with Crippen LogP contribution in [0, 0.1) is 6.92 Å². The van der Waals surface area contributed by atoms with Gasteiger partial charge in [0, 0.05) is 12.0 Å². The fourth-order valence-corrected chi connectivity index (χ4v) is 2.31. The van der Waals surface area contributed by atoms with Crippen molar-refractivity contribution in [1.82, 2.24) is 10.1 Å². The maximum atomic E-state index is 12.7. The molecule has 0 aliphatic carbocycles. The Kier molecular flexibility index (Phi) is 4.92. The molecule has 0 aromatic carbocycles. The Balaban J connectivity index is 2.51. The van der Waals surface area contributed by atoms with Crippen molar-refractivity contribution in [2.45, 2.75) is 33.1 Å². The predicted octanol–water partition coefficient (Wildman–Crippen LogP) is 3.30. The molecule has 0 spiro atoms. The maximum Gasteiger partial charge on any atom is 0.358 e. The van der Waals surface area contributed by atoms with E-state index in [1.54, 1.807) is 6.92 Å². The fraction of sp³-hybridized carbons (Fsp3) is 0.333. The highest BCUT2D eigenvalue weighted by molar-refractivity contribution is 6.29. The van der Waals surface area contributed by atoms with Gasteiger partial charge in [0.05, 0.1) is 5.69 Å². The number of aromatic carboxylic acids is 1. The minimum atomic E-state index is -1.30. The Labute approximate surface area is 132 Å². The molecule has 0 radical (unpaired) electrons. The number of carboxylic acids is 1. The summed E-state index contributed by atoms with van der Waals surface area (Å²) in [6.07, 6.45) is 2.11. The molecule has 0 amide bonds. The van der Waals surface area contributed by atoms with Crippen LogP contribution in [0.5, 0.6) is 0 Å². The summed E-state index contributed by atoms with van der Waals surface area (Å²) in [4.78, 5) is 28.0. The Hall–Kier alpha value is -2.21. The van der Waals surface area contributed by atoms with E-state index in [-0.39, 0.29) is 22.0 Å². The number of hydrogen-bond acceptors (Lipinski definition) is 5. The number of unbranched alkanes of at least 4 members (excludes halogenated alkanes) is 1. The molecule has 0 unspecified atom stereocenters. The topological polar surface area (TPSA) is 93.3 Å². The molecule has 116 valence electrons. The number of ketones is 1. The van der Waals surface area contributed by atoms with Gasteiger partial charge >= 0.3 is 5.97 Å². The molecule has 0 bridgehead atoms. The lowest BCUT2D eigenvalue weighted by molar-refractivity contribution is 0.0682. The van der Waals surface area contributed by atoms with Gasteiger partial charge in [0.1, 0.15) is 16.5 Å². The summed E-state index contributed by atoms with van der Waals surface area (Å²) in [5.41, 5.74) is 0.336. The number of carboxylic acid groups (broad SMARTS) is 1. The van der Waals surface area contributed by atoms with Gasteiger partial charge in [-0.1, -0.05) is 30.1 Å². The number of carbonyl (C=O) groups is 2. The number of hydrogen-bond donors (Lipinski definition) is 1. The number of aryl methyl sites for hydroxylation is 2. The average Bonchev–Trinajstić information content (AvgIpc) is 2.88. The van der Waals surface area contributed by atoms with Gasteiger partial charge in [-0.2, -0.15) is 0 Å². The molecule has 7 heteroatoms. The number of rotatable bonds is 6. The molecule has 0 fully saturated rings. The van der Waals surface area contributed by atoms with Gasteiger partial charge in [0.25, 0.3) is 0 Å². The van der Waals surface area contributed by atoms with E-state index >= 15 is 0 Å². The number of pyridine rings is 1. The first-order valence-electron chi connectivity index (χ1n) is 6.85. The summed E-state index contributed by atoms with van der Waals surface area (Å²) < 4.78 is 5.07. The summed E-state index contributed by atoms with van der Waals surface area (Å²) in [5, 5.41) is 13.0. The van der Waals surface area contributed by atoms with Crippen LogP contribution in [-0.2, 0) is 6.42 Å². The van der Waals surface area contributed by atoms with Gasteiger partial charge in [-0.05, 0) is 25.5 Å². The first-order valence-corrected chi connectivity index (χ1v) is 7.23. The molecule has 22 heavy (non-hydrogen) atoms. The van der Waals surface area contributed by atoms with Crippen molar-refractivity contribution in [1.29, 1.82) is 0 Å². The van der Waals surface area contributed by atoms with Crippen LogP contribution in [0.25, 0.3) is 0 Å². The van der Waals surface area contributed by atoms with E-state index in [1.165, 1.54) is 12.1 Å². The molecule has 0 aliphatic heterocycles. The van der Waals surface area contributed by atoms with E-state index in [9.17, 15) is 14.7 Å². The van der Waals surface area contributed by atoms with Crippen LogP contribution in [0.3, 0.4) is 0 Å². The molecule has 1 N–H and O–H groups in total. The van der Waals surface area contributed by atoms with E-state index < -0.39 is 11.8 Å².